The Balaban J connectivity index is 2.12. The first-order valence-electron chi connectivity index (χ1n) is 13.9. The predicted octanol–water partition coefficient (Wildman–Crippen LogP) is 4.02. The van der Waals surface area contributed by atoms with E-state index in [2.05, 4.69) is 13.0 Å². The van der Waals surface area contributed by atoms with Gasteiger partial charge in [0.05, 0.1) is 30.8 Å². The monoisotopic (exact) mass is 536 g/mol. The van der Waals surface area contributed by atoms with Crippen LogP contribution in [0.25, 0.3) is 0 Å². The summed E-state index contributed by atoms with van der Waals surface area (Å²) in [4.78, 5) is 24.2. The second kappa shape index (κ2) is 14.4. The number of esters is 2. The van der Waals surface area contributed by atoms with E-state index in [1.165, 1.54) is 6.92 Å². The Morgan fingerprint density at radius 3 is 2.61 bits per heavy atom. The molecule has 0 saturated carbocycles. The smallest absolute Gasteiger partial charge is 0.309 e. The first kappa shape index (κ1) is 32.2. The average Bonchev–Trinajstić information content (AvgIpc) is 3.60. The minimum atomic E-state index is -1.40. The lowest BCUT2D eigenvalue weighted by molar-refractivity contribution is -0.157. The van der Waals surface area contributed by atoms with Crippen molar-refractivity contribution in [1.29, 1.82) is 0 Å². The van der Waals surface area contributed by atoms with Crippen molar-refractivity contribution in [3.05, 3.63) is 36.0 Å². The highest BCUT2D eigenvalue weighted by atomic mass is 16.6. The van der Waals surface area contributed by atoms with Gasteiger partial charge in [0.2, 0.25) is 0 Å². The Bertz CT molecular complexity index is 875. The van der Waals surface area contributed by atoms with E-state index in [-0.39, 0.29) is 55.3 Å². The molecule has 0 aliphatic carbocycles. The molecule has 3 N–H and O–H groups in total. The third-order valence-corrected chi connectivity index (χ3v) is 7.63. The summed E-state index contributed by atoms with van der Waals surface area (Å²) in [6, 6.07) is 0. The molecule has 1 fully saturated rings. The normalized spacial score (nSPS) is 35.5. The maximum absolute atomic E-state index is 12.6. The first-order valence-corrected chi connectivity index (χ1v) is 13.9. The molecule has 10 atom stereocenters. The number of ether oxygens (including phenoxy) is 3. The number of carbonyl (C=O) groups is 2. The zero-order chi connectivity index (χ0) is 28.6. The molecule has 0 spiro atoms. The molecule has 0 amide bonds. The molecule has 0 radical (unpaired) electrons. The van der Waals surface area contributed by atoms with Gasteiger partial charge in [0.1, 0.15) is 17.8 Å². The van der Waals surface area contributed by atoms with Crippen LogP contribution in [-0.2, 0) is 23.8 Å². The molecule has 2 aliphatic rings. The van der Waals surface area contributed by atoms with Gasteiger partial charge in [-0.3, -0.25) is 9.59 Å². The number of aliphatic hydroxyl groups is 3. The Hall–Kier alpha value is -2.00. The lowest BCUT2D eigenvalue weighted by atomic mass is 9.88. The van der Waals surface area contributed by atoms with Crippen LogP contribution in [0.3, 0.4) is 0 Å². The molecule has 8 heteroatoms. The maximum atomic E-state index is 12.6. The summed E-state index contributed by atoms with van der Waals surface area (Å²) >= 11 is 0. The molecule has 0 aromatic heterocycles. The van der Waals surface area contributed by atoms with Gasteiger partial charge in [-0.1, -0.05) is 52.0 Å². The number of epoxide rings is 1. The zero-order valence-electron chi connectivity index (χ0n) is 24.0. The topological polar surface area (TPSA) is 126 Å². The Morgan fingerprint density at radius 2 is 1.97 bits per heavy atom. The fraction of sp³-hybridized carbons (Fsp3) is 0.733. The van der Waals surface area contributed by atoms with Gasteiger partial charge in [-0.25, -0.2) is 0 Å². The van der Waals surface area contributed by atoms with Crippen molar-refractivity contribution >= 4 is 11.9 Å². The van der Waals surface area contributed by atoms with Gasteiger partial charge in [0.25, 0.3) is 0 Å². The highest BCUT2D eigenvalue weighted by Gasteiger charge is 2.45. The van der Waals surface area contributed by atoms with Gasteiger partial charge in [-0.15, -0.1) is 0 Å². The SMILES string of the molecule is CC[C@H](O)[C@@H](C)[C@H]1O[C@@H]1C[C@H](C)/C=C/C=C(\C)[C@H]1OC(=O)C[C@H](O)CC[C@@](C)(O)[C@@H](OC(C)=O)C=C[C@@H]1C. The zero-order valence-corrected chi connectivity index (χ0v) is 24.0. The molecular weight excluding hydrogens is 488 g/mol. The fourth-order valence-corrected chi connectivity index (χ4v) is 4.97. The van der Waals surface area contributed by atoms with Crippen LogP contribution >= 0.6 is 0 Å². The Kier molecular flexibility index (Phi) is 12.2. The second-order valence-electron chi connectivity index (χ2n) is 11.4. The van der Waals surface area contributed by atoms with Crippen LogP contribution in [0.5, 0.6) is 0 Å². The number of aliphatic hydroxyl groups excluding tert-OH is 2. The van der Waals surface area contributed by atoms with Crippen LogP contribution < -0.4 is 0 Å². The van der Waals surface area contributed by atoms with E-state index in [0.29, 0.717) is 0 Å². The minimum Gasteiger partial charge on any atom is -0.457 e. The molecule has 0 unspecified atom stereocenters. The lowest BCUT2D eigenvalue weighted by Crippen LogP contribution is -2.42. The highest BCUT2D eigenvalue weighted by molar-refractivity contribution is 5.70. The fourth-order valence-electron chi connectivity index (χ4n) is 4.97. The molecule has 216 valence electrons. The molecule has 38 heavy (non-hydrogen) atoms. The van der Waals surface area contributed by atoms with E-state index >= 15 is 0 Å². The molecule has 0 bridgehead atoms. The lowest BCUT2D eigenvalue weighted by Gasteiger charge is -2.32. The van der Waals surface area contributed by atoms with Crippen LogP contribution in [0, 0.1) is 17.8 Å². The van der Waals surface area contributed by atoms with Crippen molar-refractivity contribution < 1.29 is 39.1 Å². The van der Waals surface area contributed by atoms with Gasteiger partial charge in [-0.2, -0.15) is 0 Å². The molecule has 8 nitrogen and oxygen atoms in total. The molecule has 2 rings (SSSR count). The summed E-state index contributed by atoms with van der Waals surface area (Å²) in [6.07, 6.45) is 8.50. The maximum Gasteiger partial charge on any atom is 0.309 e. The summed E-state index contributed by atoms with van der Waals surface area (Å²) in [5.41, 5.74) is -0.580. The van der Waals surface area contributed by atoms with Crippen molar-refractivity contribution in [2.75, 3.05) is 0 Å². The molecule has 0 aromatic rings. The van der Waals surface area contributed by atoms with E-state index in [4.69, 9.17) is 14.2 Å². The summed E-state index contributed by atoms with van der Waals surface area (Å²) in [7, 11) is 0. The van der Waals surface area contributed by atoms with Gasteiger partial charge >= 0.3 is 11.9 Å². The molecule has 0 aromatic carbocycles. The number of cyclic esters (lactones) is 1. The number of hydrogen-bond acceptors (Lipinski definition) is 8. The first-order chi connectivity index (χ1) is 17.7. The number of hydrogen-bond donors (Lipinski definition) is 3. The van der Waals surface area contributed by atoms with Crippen LogP contribution in [0.1, 0.15) is 80.6 Å². The van der Waals surface area contributed by atoms with Crippen molar-refractivity contribution in [3.8, 4) is 0 Å². The van der Waals surface area contributed by atoms with E-state index in [0.717, 1.165) is 18.4 Å². The number of carbonyl (C=O) groups excluding carboxylic acids is 2. The van der Waals surface area contributed by atoms with E-state index < -0.39 is 35.9 Å². The van der Waals surface area contributed by atoms with Gasteiger partial charge in [-0.05, 0) is 57.1 Å². The average molecular weight is 537 g/mol. The molecule has 2 aliphatic heterocycles. The van der Waals surface area contributed by atoms with E-state index in [9.17, 15) is 24.9 Å². The van der Waals surface area contributed by atoms with E-state index in [1.54, 1.807) is 19.1 Å². The largest absolute Gasteiger partial charge is 0.457 e. The van der Waals surface area contributed by atoms with Crippen molar-refractivity contribution in [1.82, 2.24) is 0 Å². The number of allylic oxidation sites excluding steroid dienone is 3. The van der Waals surface area contributed by atoms with Crippen LogP contribution in [0.15, 0.2) is 36.0 Å². The Morgan fingerprint density at radius 1 is 1.29 bits per heavy atom. The minimum absolute atomic E-state index is 0.105. The molecule has 1 saturated heterocycles. The third-order valence-electron chi connectivity index (χ3n) is 7.63. The second-order valence-corrected chi connectivity index (χ2v) is 11.4. The van der Waals surface area contributed by atoms with Crippen molar-refractivity contribution in [2.45, 2.75) is 123 Å². The summed E-state index contributed by atoms with van der Waals surface area (Å²) in [5, 5.41) is 31.3. The summed E-state index contributed by atoms with van der Waals surface area (Å²) in [5.74, 6) is -0.921. The summed E-state index contributed by atoms with van der Waals surface area (Å²) in [6.45, 7) is 12.7. The van der Waals surface area contributed by atoms with Crippen LogP contribution in [0.4, 0.5) is 0 Å². The van der Waals surface area contributed by atoms with Crippen LogP contribution in [-0.4, -0.2) is 69.5 Å². The quantitative estimate of drug-likeness (QED) is 0.175. The van der Waals surface area contributed by atoms with Crippen LogP contribution in [0.2, 0.25) is 0 Å². The van der Waals surface area contributed by atoms with Gasteiger partial charge in [0, 0.05) is 18.8 Å². The van der Waals surface area contributed by atoms with Crippen molar-refractivity contribution in [3.63, 3.8) is 0 Å². The van der Waals surface area contributed by atoms with Gasteiger partial charge in [0.15, 0.2) is 0 Å². The molecular formula is C30H48O8. The van der Waals surface area contributed by atoms with Gasteiger partial charge < -0.3 is 29.5 Å². The van der Waals surface area contributed by atoms with E-state index in [1.807, 2.05) is 39.8 Å². The highest BCUT2D eigenvalue weighted by Crippen LogP contribution is 2.36. The summed E-state index contributed by atoms with van der Waals surface area (Å²) < 4.78 is 16.9. The molecule has 2 heterocycles. The standard InChI is InChI=1S/C30H48O8/c1-8-24(33)21(5)29-25(37-29)16-18(2)10-9-11-19(3)28-20(4)12-13-26(36-22(6)31)30(7,35)15-14-23(32)17-27(34)38-28/h9-13,18,20-21,23-26,28-29,32-33,35H,8,14-17H2,1-7H3/b10-9+,13-12?,19-11+/t18-,20+,21-,23-,24+,25-,26+,28-,29-,30-/m1/s1. The third kappa shape index (κ3) is 9.95. The number of rotatable bonds is 9. The van der Waals surface area contributed by atoms with Crippen molar-refractivity contribution in [2.24, 2.45) is 17.8 Å². The Labute approximate surface area is 227 Å². The predicted molar refractivity (Wildman–Crippen MR) is 145 cm³/mol.